The second-order valence-electron chi connectivity index (χ2n) is 13.3. The molecule has 4 bridgehead atoms. The Morgan fingerprint density at radius 1 is 0.979 bits per heavy atom. The molecule has 0 aliphatic carbocycles. The molecule has 4 aromatic rings. The van der Waals surface area contributed by atoms with Gasteiger partial charge < -0.3 is 19.1 Å². The lowest BCUT2D eigenvalue weighted by molar-refractivity contribution is 0.0508. The van der Waals surface area contributed by atoms with Gasteiger partial charge >= 0.3 is 0 Å². The van der Waals surface area contributed by atoms with Crippen molar-refractivity contribution in [2.75, 3.05) is 31.7 Å². The summed E-state index contributed by atoms with van der Waals surface area (Å²) in [6, 6.07) is 15.1. The Labute approximate surface area is 282 Å². The molecular weight excluding hydrogens is 630 g/mol. The first-order chi connectivity index (χ1) is 22.7. The quantitative estimate of drug-likeness (QED) is 0.219. The second-order valence-corrected chi connectivity index (χ2v) is 14.9. The fourth-order valence-corrected chi connectivity index (χ4v) is 6.76. The standard InChI is InChI=1S/C36H43N5O6S/c1-23-10-8-11-24(2)33(23)30-18-32-39-35(38-30)40-48(43,44)29-13-9-12-26(17-29)34(42)41(27(22-47-32)19-36(4,5)6)21-31-25(3)16-28(20-37-31)46-15-14-45-7/h8-13,16-18,20,27H,14-15,19,21-22H2,1-7H3,(H,38,39,40)/t27-/m1/s1. The number of anilines is 1. The molecule has 0 spiro atoms. The predicted octanol–water partition coefficient (Wildman–Crippen LogP) is 6.13. The van der Waals surface area contributed by atoms with Crippen LogP contribution in [0.5, 0.6) is 11.6 Å². The van der Waals surface area contributed by atoms with Crippen LogP contribution in [0.1, 0.15) is 59.9 Å². The maximum Gasteiger partial charge on any atom is 0.264 e. The molecule has 0 saturated carbocycles. The molecule has 12 heteroatoms. The van der Waals surface area contributed by atoms with Crippen LogP contribution in [-0.4, -0.2) is 67.1 Å². The van der Waals surface area contributed by atoms with Crippen molar-refractivity contribution < 1.29 is 27.4 Å². The molecule has 1 N–H and O–H groups in total. The number of nitrogens with zero attached hydrogens (tertiary/aromatic N) is 4. The number of rotatable bonds is 8. The molecule has 1 atom stereocenters. The molecule has 2 aromatic heterocycles. The number of methoxy groups -OCH3 is 1. The van der Waals surface area contributed by atoms with Crippen LogP contribution < -0.4 is 14.2 Å². The van der Waals surface area contributed by atoms with Crippen LogP contribution in [-0.2, 0) is 21.3 Å². The van der Waals surface area contributed by atoms with Gasteiger partial charge in [0.1, 0.15) is 19.0 Å². The highest BCUT2D eigenvalue weighted by molar-refractivity contribution is 7.92. The lowest BCUT2D eigenvalue weighted by Crippen LogP contribution is -2.45. The number of nitrogens with one attached hydrogen (secondary N) is 1. The van der Waals surface area contributed by atoms with E-state index in [-0.39, 0.29) is 46.8 Å². The van der Waals surface area contributed by atoms with Crippen molar-refractivity contribution in [2.45, 2.75) is 65.4 Å². The fraction of sp³-hybridized carbons (Fsp3) is 0.389. The van der Waals surface area contributed by atoms with Crippen molar-refractivity contribution in [3.63, 3.8) is 0 Å². The van der Waals surface area contributed by atoms with E-state index in [1.165, 1.54) is 12.1 Å². The van der Waals surface area contributed by atoms with Crippen molar-refractivity contribution in [1.82, 2.24) is 19.9 Å². The molecule has 3 heterocycles. The smallest absolute Gasteiger partial charge is 0.264 e. The first-order valence-electron chi connectivity index (χ1n) is 15.8. The molecule has 1 aliphatic heterocycles. The van der Waals surface area contributed by atoms with Gasteiger partial charge in [-0.2, -0.15) is 4.98 Å². The number of hydrogen-bond donors (Lipinski definition) is 1. The number of ether oxygens (including phenoxy) is 3. The summed E-state index contributed by atoms with van der Waals surface area (Å²) in [4.78, 5) is 29.8. The molecule has 2 aromatic carbocycles. The van der Waals surface area contributed by atoms with Crippen LogP contribution in [0.25, 0.3) is 11.3 Å². The summed E-state index contributed by atoms with van der Waals surface area (Å²) in [5.41, 5.74) is 4.86. The van der Waals surface area contributed by atoms with Crippen LogP contribution in [0.3, 0.4) is 0 Å². The van der Waals surface area contributed by atoms with Crippen LogP contribution in [0.4, 0.5) is 5.95 Å². The molecule has 0 fully saturated rings. The van der Waals surface area contributed by atoms with Crippen molar-refractivity contribution in [2.24, 2.45) is 5.41 Å². The number of benzene rings is 2. The van der Waals surface area contributed by atoms with E-state index in [0.717, 1.165) is 22.3 Å². The maximum absolute atomic E-state index is 14.4. The Kier molecular flexibility index (Phi) is 10.4. The van der Waals surface area contributed by atoms with E-state index in [2.05, 4.69) is 40.4 Å². The summed E-state index contributed by atoms with van der Waals surface area (Å²) in [5, 5.41) is 0. The van der Waals surface area contributed by atoms with Crippen LogP contribution in [0, 0.1) is 26.2 Å². The monoisotopic (exact) mass is 673 g/mol. The highest BCUT2D eigenvalue weighted by Crippen LogP contribution is 2.32. The van der Waals surface area contributed by atoms with Crippen molar-refractivity contribution in [3.8, 4) is 22.9 Å². The van der Waals surface area contributed by atoms with Gasteiger partial charge in [-0.05, 0) is 73.6 Å². The number of carbonyl (C=O) groups is 1. The Morgan fingerprint density at radius 2 is 1.71 bits per heavy atom. The first-order valence-corrected chi connectivity index (χ1v) is 17.3. The van der Waals surface area contributed by atoms with E-state index in [4.69, 9.17) is 14.2 Å². The normalized spacial score (nSPS) is 16.2. The van der Waals surface area contributed by atoms with E-state index in [0.29, 0.717) is 36.8 Å². The highest BCUT2D eigenvalue weighted by atomic mass is 32.2. The van der Waals surface area contributed by atoms with E-state index in [1.54, 1.807) is 36.4 Å². The van der Waals surface area contributed by atoms with Gasteiger partial charge in [0.2, 0.25) is 11.8 Å². The number of aromatic nitrogens is 3. The molecule has 1 amide bonds. The SMILES string of the molecule is COCCOc1cnc(CN2C(=O)c3cccc(c3)S(=O)(=O)Nc3nc(cc(-c4c(C)cccc4C)n3)OC[C@H]2CC(C)(C)C)c(C)c1. The molecular formula is C36H43N5O6S. The van der Waals surface area contributed by atoms with E-state index < -0.39 is 16.1 Å². The predicted molar refractivity (Wildman–Crippen MR) is 184 cm³/mol. The number of aryl methyl sites for hydroxylation is 3. The topological polar surface area (TPSA) is 133 Å². The maximum atomic E-state index is 14.4. The number of pyridine rings is 1. The Bertz CT molecular complexity index is 1890. The van der Waals surface area contributed by atoms with Crippen LogP contribution in [0.15, 0.2) is 65.7 Å². The number of fused-ring (bicyclic) bond motifs is 4. The van der Waals surface area contributed by atoms with Gasteiger partial charge in [-0.15, -0.1) is 0 Å². The van der Waals surface area contributed by atoms with Gasteiger partial charge in [0.05, 0.1) is 41.7 Å². The molecule has 1 aliphatic rings. The van der Waals surface area contributed by atoms with Crippen LogP contribution in [0.2, 0.25) is 0 Å². The minimum Gasteiger partial charge on any atom is -0.490 e. The summed E-state index contributed by atoms with van der Waals surface area (Å²) < 4.78 is 47.1. The van der Waals surface area contributed by atoms with E-state index in [9.17, 15) is 13.2 Å². The van der Waals surface area contributed by atoms with Gasteiger partial charge in [-0.25, -0.2) is 18.1 Å². The van der Waals surface area contributed by atoms with Crippen LogP contribution >= 0.6 is 0 Å². The highest BCUT2D eigenvalue weighted by Gasteiger charge is 2.32. The van der Waals surface area contributed by atoms with E-state index >= 15 is 0 Å². The van der Waals surface area contributed by atoms with Gasteiger partial charge in [-0.3, -0.25) is 9.78 Å². The molecule has 11 nitrogen and oxygen atoms in total. The Morgan fingerprint density at radius 3 is 2.40 bits per heavy atom. The average molecular weight is 674 g/mol. The average Bonchev–Trinajstić information content (AvgIpc) is 3.01. The van der Waals surface area contributed by atoms with Gasteiger partial charge in [0, 0.05) is 24.3 Å². The largest absolute Gasteiger partial charge is 0.490 e. The zero-order chi connectivity index (χ0) is 34.6. The number of sulfonamides is 1. The minimum atomic E-state index is -4.18. The molecule has 254 valence electrons. The summed E-state index contributed by atoms with van der Waals surface area (Å²) in [6.45, 7) is 13.3. The fourth-order valence-electron chi connectivity index (χ4n) is 5.77. The zero-order valence-electron chi connectivity index (χ0n) is 28.5. The summed E-state index contributed by atoms with van der Waals surface area (Å²) in [6.07, 6.45) is 2.21. The first kappa shape index (κ1) is 34.8. The zero-order valence-corrected chi connectivity index (χ0v) is 29.3. The van der Waals surface area contributed by atoms with Gasteiger partial charge in [0.15, 0.2) is 0 Å². The molecule has 5 rings (SSSR count). The molecule has 0 radical (unpaired) electrons. The second kappa shape index (κ2) is 14.3. The number of carbonyl (C=O) groups excluding carboxylic acids is 1. The lowest BCUT2D eigenvalue weighted by atomic mass is 9.87. The summed E-state index contributed by atoms with van der Waals surface area (Å²) in [7, 11) is -2.57. The molecule has 0 saturated heterocycles. The Hall–Kier alpha value is -4.55. The third-order valence-electron chi connectivity index (χ3n) is 8.07. The number of amides is 1. The van der Waals surface area contributed by atoms with Crippen molar-refractivity contribution in [1.29, 1.82) is 0 Å². The van der Waals surface area contributed by atoms with Crippen molar-refractivity contribution >= 4 is 21.9 Å². The van der Waals surface area contributed by atoms with E-state index in [1.807, 2.05) is 45.0 Å². The Balaban J connectivity index is 1.63. The summed E-state index contributed by atoms with van der Waals surface area (Å²) >= 11 is 0. The van der Waals surface area contributed by atoms with Gasteiger partial charge in [0.25, 0.3) is 15.9 Å². The van der Waals surface area contributed by atoms with Gasteiger partial charge in [-0.1, -0.05) is 45.0 Å². The summed E-state index contributed by atoms with van der Waals surface area (Å²) in [5.74, 6) is 0.311. The molecule has 48 heavy (non-hydrogen) atoms. The molecule has 0 unspecified atom stereocenters. The van der Waals surface area contributed by atoms with Crippen molar-refractivity contribution in [3.05, 3.63) is 88.7 Å². The lowest BCUT2D eigenvalue weighted by Gasteiger charge is -2.36. The third-order valence-corrected chi connectivity index (χ3v) is 9.39. The number of hydrogen-bond acceptors (Lipinski definition) is 9. The minimum absolute atomic E-state index is 0.0877. The third kappa shape index (κ3) is 8.29.